The van der Waals surface area contributed by atoms with Gasteiger partial charge in [-0.15, -0.1) is 0 Å². The molecule has 1 saturated heterocycles. The van der Waals surface area contributed by atoms with Crippen molar-refractivity contribution in [1.29, 1.82) is 0 Å². The van der Waals surface area contributed by atoms with E-state index in [9.17, 15) is 19.7 Å². The van der Waals surface area contributed by atoms with E-state index >= 15 is 0 Å². The lowest BCUT2D eigenvalue weighted by molar-refractivity contribution is -0.384. The molecule has 0 N–H and O–H groups in total. The number of rotatable bonds is 3. The number of hydrogen-bond acceptors (Lipinski definition) is 7. The molecular formula is C20H16ClNO7. The zero-order chi connectivity index (χ0) is 20.6. The minimum Gasteiger partial charge on any atom is -0.457 e. The van der Waals surface area contributed by atoms with E-state index in [0.29, 0.717) is 18.4 Å². The fourth-order valence-electron chi connectivity index (χ4n) is 3.50. The van der Waals surface area contributed by atoms with Gasteiger partial charge in [-0.25, -0.2) is 9.59 Å². The number of non-ortho nitro benzene ring substituents is 1. The number of nitrogens with zero attached hydrogens (tertiary/aromatic N) is 1. The average molecular weight is 418 g/mol. The van der Waals surface area contributed by atoms with Crippen molar-refractivity contribution >= 4 is 35.3 Å². The number of esters is 2. The van der Waals surface area contributed by atoms with Crippen molar-refractivity contribution in [3.8, 4) is 11.3 Å². The molecule has 2 heterocycles. The van der Waals surface area contributed by atoms with Gasteiger partial charge in [-0.05, 0) is 31.0 Å². The van der Waals surface area contributed by atoms with Crippen LogP contribution in [0.3, 0.4) is 0 Å². The maximum Gasteiger partial charge on any atom is 0.349 e. The average Bonchev–Trinajstić information content (AvgIpc) is 3.14. The molecule has 9 heteroatoms. The van der Waals surface area contributed by atoms with E-state index in [-0.39, 0.29) is 27.8 Å². The van der Waals surface area contributed by atoms with Gasteiger partial charge in [0, 0.05) is 36.6 Å². The molecule has 2 aromatic rings. The van der Waals surface area contributed by atoms with Gasteiger partial charge < -0.3 is 13.9 Å². The van der Waals surface area contributed by atoms with Crippen LogP contribution in [0.25, 0.3) is 17.4 Å². The third kappa shape index (κ3) is 3.75. The van der Waals surface area contributed by atoms with Crippen LogP contribution >= 0.6 is 11.6 Å². The Kier molecular flexibility index (Phi) is 4.87. The summed E-state index contributed by atoms with van der Waals surface area (Å²) in [5.74, 6) is -2.23. The molecule has 1 spiro atoms. The first-order valence-electron chi connectivity index (χ1n) is 9.09. The number of nitro benzene ring substituents is 1. The Morgan fingerprint density at radius 2 is 1.72 bits per heavy atom. The maximum absolute atomic E-state index is 12.4. The second kappa shape index (κ2) is 7.36. The van der Waals surface area contributed by atoms with Crippen molar-refractivity contribution in [1.82, 2.24) is 0 Å². The number of carbonyl (C=O) groups excluding carboxylic acids is 2. The summed E-state index contributed by atoms with van der Waals surface area (Å²) in [5.41, 5.74) is -0.0920. The molecule has 1 aromatic heterocycles. The Hall–Kier alpha value is -3.13. The van der Waals surface area contributed by atoms with Crippen LogP contribution in [0.2, 0.25) is 5.02 Å². The van der Waals surface area contributed by atoms with E-state index in [1.165, 1.54) is 30.3 Å². The largest absolute Gasteiger partial charge is 0.457 e. The smallest absolute Gasteiger partial charge is 0.349 e. The van der Waals surface area contributed by atoms with Gasteiger partial charge >= 0.3 is 11.9 Å². The van der Waals surface area contributed by atoms with E-state index < -0.39 is 22.6 Å². The summed E-state index contributed by atoms with van der Waals surface area (Å²) in [6, 6.07) is 7.03. The molecule has 0 amide bonds. The highest BCUT2D eigenvalue weighted by atomic mass is 35.5. The van der Waals surface area contributed by atoms with E-state index in [4.69, 9.17) is 25.5 Å². The van der Waals surface area contributed by atoms with Crippen LogP contribution in [0.1, 0.15) is 37.9 Å². The summed E-state index contributed by atoms with van der Waals surface area (Å²) in [4.78, 5) is 35.3. The maximum atomic E-state index is 12.4. The quantitative estimate of drug-likeness (QED) is 0.235. The fraction of sp³-hybridized carbons (Fsp3) is 0.300. The summed E-state index contributed by atoms with van der Waals surface area (Å²) in [6.45, 7) is 0. The predicted octanol–water partition coefficient (Wildman–Crippen LogP) is 4.65. The second-order valence-corrected chi connectivity index (χ2v) is 7.34. The molecule has 2 fully saturated rings. The predicted molar refractivity (Wildman–Crippen MR) is 102 cm³/mol. The van der Waals surface area contributed by atoms with Gasteiger partial charge in [0.15, 0.2) is 0 Å². The molecule has 150 valence electrons. The number of benzene rings is 1. The summed E-state index contributed by atoms with van der Waals surface area (Å²) in [7, 11) is 0. The van der Waals surface area contributed by atoms with E-state index in [0.717, 1.165) is 19.3 Å². The number of nitro groups is 1. The molecular weight excluding hydrogens is 402 g/mol. The molecule has 1 aromatic carbocycles. The van der Waals surface area contributed by atoms with Gasteiger partial charge in [0.1, 0.15) is 17.1 Å². The lowest BCUT2D eigenvalue weighted by Gasteiger charge is -2.38. The molecule has 1 aliphatic heterocycles. The van der Waals surface area contributed by atoms with Crippen molar-refractivity contribution in [2.24, 2.45) is 0 Å². The second-order valence-electron chi connectivity index (χ2n) is 6.93. The zero-order valence-corrected chi connectivity index (χ0v) is 15.9. The number of furan rings is 1. The monoisotopic (exact) mass is 417 g/mol. The van der Waals surface area contributed by atoms with Crippen LogP contribution in [-0.4, -0.2) is 22.6 Å². The Morgan fingerprint density at radius 3 is 2.38 bits per heavy atom. The summed E-state index contributed by atoms with van der Waals surface area (Å²) in [5, 5.41) is 11.2. The molecule has 0 bridgehead atoms. The lowest BCUT2D eigenvalue weighted by Crippen LogP contribution is -2.47. The van der Waals surface area contributed by atoms with Gasteiger partial charge in [0.2, 0.25) is 0 Å². The van der Waals surface area contributed by atoms with Gasteiger partial charge in [0.05, 0.1) is 9.95 Å². The molecule has 2 aliphatic rings. The molecule has 1 saturated carbocycles. The highest BCUT2D eigenvalue weighted by molar-refractivity contribution is 6.33. The van der Waals surface area contributed by atoms with E-state index in [1.54, 1.807) is 6.07 Å². The van der Waals surface area contributed by atoms with E-state index in [1.807, 2.05) is 0 Å². The summed E-state index contributed by atoms with van der Waals surface area (Å²) >= 11 is 6.12. The third-order valence-electron chi connectivity index (χ3n) is 4.95. The first-order valence-corrected chi connectivity index (χ1v) is 9.47. The topological polar surface area (TPSA) is 109 Å². The Labute approximate surface area is 170 Å². The number of halogens is 1. The van der Waals surface area contributed by atoms with Crippen molar-refractivity contribution in [3.63, 3.8) is 0 Å². The highest BCUT2D eigenvalue weighted by Gasteiger charge is 2.46. The number of ether oxygens (including phenoxy) is 2. The van der Waals surface area contributed by atoms with Crippen LogP contribution in [0, 0.1) is 10.1 Å². The summed E-state index contributed by atoms with van der Waals surface area (Å²) < 4.78 is 16.5. The molecule has 29 heavy (non-hydrogen) atoms. The number of carbonyl (C=O) groups is 2. The first-order chi connectivity index (χ1) is 13.9. The SMILES string of the molecule is O=C1OC2(CCCCC2)OC(=O)C1=Cc1ccc(-c2cc([N+](=O)[O-])ccc2Cl)o1. The molecule has 8 nitrogen and oxygen atoms in total. The molecule has 0 radical (unpaired) electrons. The minimum atomic E-state index is -1.16. The van der Waals surface area contributed by atoms with Crippen LogP contribution in [0.5, 0.6) is 0 Å². The van der Waals surface area contributed by atoms with Gasteiger partial charge in [-0.2, -0.15) is 0 Å². The minimum absolute atomic E-state index is 0.141. The van der Waals surface area contributed by atoms with Gasteiger partial charge in [-0.1, -0.05) is 18.0 Å². The Balaban J connectivity index is 1.60. The standard InChI is InChI=1S/C20H16ClNO7/c21-16-6-4-12(22(25)26)10-14(16)17-7-5-13(27-17)11-15-18(23)28-20(29-19(15)24)8-2-1-3-9-20/h4-7,10-11H,1-3,8-9H2. The van der Waals surface area contributed by atoms with Crippen molar-refractivity contribution < 1.29 is 28.4 Å². The van der Waals surface area contributed by atoms with Crippen molar-refractivity contribution in [2.75, 3.05) is 0 Å². The Bertz CT molecular complexity index is 1010. The van der Waals surface area contributed by atoms with E-state index in [2.05, 4.69) is 0 Å². The highest BCUT2D eigenvalue weighted by Crippen LogP contribution is 2.38. The first kappa shape index (κ1) is 19.2. The third-order valence-corrected chi connectivity index (χ3v) is 5.28. The fourth-order valence-corrected chi connectivity index (χ4v) is 3.71. The van der Waals surface area contributed by atoms with Gasteiger partial charge in [0.25, 0.3) is 11.5 Å². The number of hydrogen-bond donors (Lipinski definition) is 0. The van der Waals surface area contributed by atoms with Crippen LogP contribution in [0.15, 0.2) is 40.3 Å². The normalized spacial score (nSPS) is 18.3. The van der Waals surface area contributed by atoms with Crippen molar-refractivity contribution in [3.05, 3.63) is 56.8 Å². The lowest BCUT2D eigenvalue weighted by atomic mass is 9.93. The van der Waals surface area contributed by atoms with Gasteiger partial charge in [-0.3, -0.25) is 10.1 Å². The molecule has 0 atom stereocenters. The zero-order valence-electron chi connectivity index (χ0n) is 15.2. The van der Waals surface area contributed by atoms with Crippen LogP contribution < -0.4 is 0 Å². The Morgan fingerprint density at radius 1 is 1.03 bits per heavy atom. The molecule has 0 unspecified atom stereocenters. The summed E-state index contributed by atoms with van der Waals surface area (Å²) in [6.07, 6.45) is 4.88. The van der Waals surface area contributed by atoms with Crippen molar-refractivity contribution in [2.45, 2.75) is 37.9 Å². The molecule has 4 rings (SSSR count). The van der Waals surface area contributed by atoms with Crippen LogP contribution in [0.4, 0.5) is 5.69 Å². The molecule has 1 aliphatic carbocycles. The van der Waals surface area contributed by atoms with Crippen LogP contribution in [-0.2, 0) is 19.1 Å².